The van der Waals surface area contributed by atoms with E-state index < -0.39 is 42.0 Å². The number of nitrogens with zero attached hydrogens (tertiary/aromatic N) is 5. The van der Waals surface area contributed by atoms with Gasteiger partial charge in [-0.2, -0.15) is 0 Å². The van der Waals surface area contributed by atoms with E-state index in [9.17, 15) is 28.8 Å². The van der Waals surface area contributed by atoms with Gasteiger partial charge >= 0.3 is 0 Å². The van der Waals surface area contributed by atoms with Crippen LogP contribution in [0.2, 0.25) is 0 Å². The second-order valence-electron chi connectivity index (χ2n) is 20.3. The number of unbranched alkanes of at least 4 members (excludes halogenated alkanes) is 7. The number of ether oxygens (including phenoxy) is 2. The highest BCUT2D eigenvalue weighted by Gasteiger charge is 2.43. The lowest BCUT2D eigenvalue weighted by molar-refractivity contribution is -0.146. The van der Waals surface area contributed by atoms with Crippen LogP contribution in [0.5, 0.6) is 0 Å². The van der Waals surface area contributed by atoms with Crippen molar-refractivity contribution in [1.82, 2.24) is 35.4 Å². The Balaban J connectivity index is 1.05. The third kappa shape index (κ3) is 16.2. The van der Waals surface area contributed by atoms with Gasteiger partial charge in [0.2, 0.25) is 23.6 Å². The maximum Gasteiger partial charge on any atom is 0.285 e. The van der Waals surface area contributed by atoms with E-state index in [1.807, 2.05) is 82.3 Å². The largest absolute Gasteiger partial charge is 0.379 e. The Bertz CT molecular complexity index is 2180. The molecule has 1 fully saturated rings. The number of fused-ring (bicyclic) bond motifs is 1. The number of amides is 6. The molecule has 5 rings (SSSR count). The first-order chi connectivity index (χ1) is 35.1. The quantitative estimate of drug-likeness (QED) is 0.0459. The first-order valence-corrected chi connectivity index (χ1v) is 27.4. The maximum atomic E-state index is 14.4. The molecule has 2 aromatic carbocycles. The van der Waals surface area contributed by atoms with E-state index in [1.54, 1.807) is 56.6 Å². The second kappa shape index (κ2) is 29.7. The number of benzene rings is 2. The molecule has 0 spiro atoms. The Kier molecular flexibility index (Phi) is 23.9. The van der Waals surface area contributed by atoms with Crippen LogP contribution in [0.4, 0.5) is 0 Å². The zero-order valence-electron chi connectivity index (χ0n) is 44.9. The van der Waals surface area contributed by atoms with E-state index in [0.29, 0.717) is 37.1 Å². The van der Waals surface area contributed by atoms with Crippen LogP contribution >= 0.6 is 11.3 Å². The van der Waals surface area contributed by atoms with Gasteiger partial charge in [0.1, 0.15) is 5.01 Å². The van der Waals surface area contributed by atoms with Crippen LogP contribution in [-0.2, 0) is 39.9 Å². The fraction of sp³-hybridized carbons (Fsp3) is 0.625. The highest BCUT2D eigenvalue weighted by molar-refractivity contribution is 7.09. The zero-order chi connectivity index (χ0) is 53.0. The molecule has 1 saturated heterocycles. The predicted molar refractivity (Wildman–Crippen MR) is 283 cm³/mol. The third-order valence-corrected chi connectivity index (χ3v) is 15.7. The average Bonchev–Trinajstić information content (AvgIpc) is 4.16. The van der Waals surface area contributed by atoms with Crippen LogP contribution in [0, 0.1) is 17.8 Å². The Hall–Kier alpha value is -5.07. The monoisotopic (exact) mass is 1030 g/mol. The summed E-state index contributed by atoms with van der Waals surface area (Å²) < 4.78 is 12.1. The molecule has 8 atom stereocenters. The highest BCUT2D eigenvalue weighted by atomic mass is 32.1. The zero-order valence-corrected chi connectivity index (χ0v) is 45.7. The van der Waals surface area contributed by atoms with Crippen molar-refractivity contribution < 1.29 is 43.1 Å². The van der Waals surface area contributed by atoms with Gasteiger partial charge in [0.25, 0.3) is 11.8 Å². The van der Waals surface area contributed by atoms with Crippen LogP contribution in [-0.4, -0.2) is 145 Å². The van der Waals surface area contributed by atoms with Crippen LogP contribution in [0.25, 0.3) is 0 Å². The molecule has 0 aliphatic carbocycles. The summed E-state index contributed by atoms with van der Waals surface area (Å²) >= 11 is 1.50. The summed E-state index contributed by atoms with van der Waals surface area (Å²) in [5.74, 6) is -2.15. The van der Waals surface area contributed by atoms with Crippen LogP contribution in [0.15, 0.2) is 66.2 Å². The molecule has 402 valence electrons. The summed E-state index contributed by atoms with van der Waals surface area (Å²) in [7, 11) is 6.85. The molecule has 17 heteroatoms. The van der Waals surface area contributed by atoms with Gasteiger partial charge in [-0.25, -0.2) is 4.98 Å². The minimum absolute atomic E-state index is 0.0140. The van der Waals surface area contributed by atoms with E-state index in [4.69, 9.17) is 14.3 Å². The number of rotatable bonds is 32. The van der Waals surface area contributed by atoms with Crippen molar-refractivity contribution in [2.75, 3.05) is 54.6 Å². The van der Waals surface area contributed by atoms with Crippen molar-refractivity contribution in [2.45, 2.75) is 154 Å². The topological polar surface area (TPSA) is 180 Å². The summed E-state index contributed by atoms with van der Waals surface area (Å²) in [6.45, 7) is 11.4. The van der Waals surface area contributed by atoms with Gasteiger partial charge in [0.05, 0.1) is 73.0 Å². The van der Waals surface area contributed by atoms with E-state index in [0.717, 1.165) is 86.4 Å². The predicted octanol–water partition coefficient (Wildman–Crippen LogP) is 7.88. The lowest BCUT2D eigenvalue weighted by atomic mass is 9.90. The fourth-order valence-electron chi connectivity index (χ4n) is 10.6. The summed E-state index contributed by atoms with van der Waals surface area (Å²) in [6, 6.07) is 15.2. The number of carbonyl (C=O) groups is 6. The van der Waals surface area contributed by atoms with Gasteiger partial charge in [0, 0.05) is 39.4 Å². The van der Waals surface area contributed by atoms with Crippen molar-refractivity contribution >= 4 is 46.8 Å². The lowest BCUT2D eigenvalue weighted by Gasteiger charge is -2.39. The molecule has 2 aliphatic heterocycles. The second-order valence-corrected chi connectivity index (χ2v) is 21.2. The third-order valence-electron chi connectivity index (χ3n) is 14.8. The van der Waals surface area contributed by atoms with E-state index >= 15 is 0 Å². The maximum absolute atomic E-state index is 14.4. The number of methoxy groups -OCH3 is 2. The summed E-state index contributed by atoms with van der Waals surface area (Å²) in [5, 5.41) is 9.78. The minimum Gasteiger partial charge on any atom is -0.379 e. The van der Waals surface area contributed by atoms with Crippen molar-refractivity contribution in [3.63, 3.8) is 0 Å². The SMILES string of the molecule is CCC(C)C(C(CC(=O)N1CCCC1C(OC)C(C)C(=O)NC(Cc1ccccc1)c1nccs1)OC)N(C)C(=O)CNC(=O)C(C(C)C)N(C)CCCCCCCCCCON1C(=O)c2ccccc2C1=O. The molecular weight excluding hydrogens is 947 g/mol. The molecule has 16 nitrogen and oxygen atoms in total. The molecule has 3 aromatic rings. The molecule has 6 amide bonds. The number of hydroxylamine groups is 2. The van der Waals surface area contributed by atoms with Gasteiger partial charge in [-0.1, -0.05) is 122 Å². The fourth-order valence-corrected chi connectivity index (χ4v) is 11.3. The van der Waals surface area contributed by atoms with Gasteiger partial charge in [0.15, 0.2) is 0 Å². The first kappa shape index (κ1) is 58.8. The van der Waals surface area contributed by atoms with Crippen molar-refractivity contribution in [1.29, 1.82) is 0 Å². The van der Waals surface area contributed by atoms with Gasteiger partial charge in [-0.3, -0.25) is 38.5 Å². The standard InChI is InChI=1S/C56H83N7O9S/c1-10-39(4)50(46(70-8)36-47(64)62-32-24-29-45(62)51(71-9)40(5)52(66)59-44(54-57-30-34-73-54)35-41-25-18-17-19-26-41)61(7)48(65)37-58-53(67)49(38(2)3)60(6)31-22-15-13-11-12-14-16-23-33-72-63-55(68)42-27-20-21-28-43(42)56(63)69/h17-21,25-28,30,34,38-40,44-46,49-51H,10-16,22-24,29,31-33,35-37H2,1-9H3,(H,58,67)(H,59,66). The van der Waals surface area contributed by atoms with Crippen LogP contribution in [0.1, 0.15) is 149 Å². The van der Waals surface area contributed by atoms with E-state index in [1.165, 1.54) is 11.3 Å². The minimum atomic E-state index is -0.624. The molecule has 73 heavy (non-hydrogen) atoms. The smallest absolute Gasteiger partial charge is 0.285 e. The molecular formula is C56H83N7O9S. The van der Waals surface area contributed by atoms with Gasteiger partial charge in [-0.05, 0) is 75.2 Å². The van der Waals surface area contributed by atoms with Gasteiger partial charge < -0.3 is 29.9 Å². The number of aromatic nitrogens is 1. The molecule has 0 saturated carbocycles. The normalized spacial score (nSPS) is 17.5. The molecule has 8 unspecified atom stereocenters. The number of imide groups is 1. The Morgan fingerprint density at radius 3 is 2.05 bits per heavy atom. The molecule has 0 bridgehead atoms. The number of likely N-dealkylation sites (N-methyl/N-ethyl adjacent to an activating group) is 2. The lowest BCUT2D eigenvalue weighted by Crippen LogP contribution is -2.55. The average molecular weight is 1030 g/mol. The number of likely N-dealkylation sites (tertiary alicyclic amines) is 1. The van der Waals surface area contributed by atoms with Crippen LogP contribution in [0.3, 0.4) is 0 Å². The summed E-state index contributed by atoms with van der Waals surface area (Å²) in [4.78, 5) is 96.6. The summed E-state index contributed by atoms with van der Waals surface area (Å²) in [5.41, 5.74) is 1.85. The highest BCUT2D eigenvalue weighted by Crippen LogP contribution is 2.31. The number of hydrogen-bond acceptors (Lipinski definition) is 12. The Morgan fingerprint density at radius 1 is 0.836 bits per heavy atom. The van der Waals surface area contributed by atoms with E-state index in [-0.39, 0.29) is 60.5 Å². The molecule has 3 heterocycles. The van der Waals surface area contributed by atoms with Crippen molar-refractivity contribution in [3.05, 3.63) is 87.9 Å². The molecule has 1 aromatic heterocycles. The van der Waals surface area contributed by atoms with E-state index in [2.05, 4.69) is 20.5 Å². The first-order valence-electron chi connectivity index (χ1n) is 26.6. The summed E-state index contributed by atoms with van der Waals surface area (Å²) in [6.07, 6.45) is 11.4. The van der Waals surface area contributed by atoms with Crippen molar-refractivity contribution in [3.8, 4) is 0 Å². The number of hydrogen-bond donors (Lipinski definition) is 2. The Labute approximate surface area is 438 Å². The van der Waals surface area contributed by atoms with Crippen molar-refractivity contribution in [2.24, 2.45) is 17.8 Å². The number of thiazole rings is 1. The molecule has 2 N–H and O–H groups in total. The molecule has 0 radical (unpaired) electrons. The number of nitrogens with one attached hydrogen (secondary N) is 2. The Morgan fingerprint density at radius 2 is 1.47 bits per heavy atom. The van der Waals surface area contributed by atoms with Gasteiger partial charge in [-0.15, -0.1) is 16.4 Å². The number of carbonyl (C=O) groups excluding carboxylic acids is 6. The van der Waals surface area contributed by atoms with Crippen LogP contribution < -0.4 is 10.6 Å². The molecule has 2 aliphatic rings.